The van der Waals surface area contributed by atoms with Crippen molar-refractivity contribution < 1.29 is 19.4 Å². The van der Waals surface area contributed by atoms with E-state index in [1.165, 1.54) is 37.1 Å². The summed E-state index contributed by atoms with van der Waals surface area (Å²) in [5, 5.41) is 11.7. The lowest BCUT2D eigenvalue weighted by molar-refractivity contribution is -0.0346. The summed E-state index contributed by atoms with van der Waals surface area (Å²) < 4.78 is 6.15. The molecule has 1 aromatic rings. The third-order valence-electron chi connectivity index (χ3n) is 4.74. The van der Waals surface area contributed by atoms with Crippen LogP contribution in [-0.2, 0) is 4.74 Å². The summed E-state index contributed by atoms with van der Waals surface area (Å²) >= 11 is 0. The van der Waals surface area contributed by atoms with Crippen LogP contribution in [-0.4, -0.2) is 35.2 Å². The number of ether oxygens (including phenoxy) is 1. The van der Waals surface area contributed by atoms with Crippen LogP contribution in [0, 0.1) is 0 Å². The topological polar surface area (TPSA) is 75.6 Å². The molecule has 1 atom stereocenters. The number of carboxylic acid groups (broad SMARTS) is 1. The number of hydrogen-bond acceptors (Lipinski definition) is 3. The van der Waals surface area contributed by atoms with Gasteiger partial charge in [0.2, 0.25) is 0 Å². The summed E-state index contributed by atoms with van der Waals surface area (Å²) in [6.07, 6.45) is 6.98. The third kappa shape index (κ3) is 3.14. The van der Waals surface area contributed by atoms with Crippen molar-refractivity contribution in [1.82, 2.24) is 5.32 Å². The van der Waals surface area contributed by atoms with E-state index in [0.29, 0.717) is 12.1 Å². The molecule has 1 saturated carbocycles. The summed E-state index contributed by atoms with van der Waals surface area (Å²) in [5.74, 6) is -1.18. The zero-order chi connectivity index (χ0) is 15.6. The second kappa shape index (κ2) is 6.08. The van der Waals surface area contributed by atoms with Gasteiger partial charge in [0.15, 0.2) is 0 Å². The number of carboxylic acids is 1. The van der Waals surface area contributed by atoms with E-state index in [-0.39, 0.29) is 23.2 Å². The molecule has 22 heavy (non-hydrogen) atoms. The fourth-order valence-corrected chi connectivity index (χ4v) is 3.50. The largest absolute Gasteiger partial charge is 0.478 e. The molecule has 5 nitrogen and oxygen atoms in total. The Morgan fingerprint density at radius 3 is 2.41 bits per heavy atom. The van der Waals surface area contributed by atoms with Gasteiger partial charge >= 0.3 is 5.97 Å². The predicted molar refractivity (Wildman–Crippen MR) is 81.0 cm³/mol. The SMILES string of the molecule is O=C(O)c1ccc(C(=O)NCC2CCC3(CCCC3)O2)cc1. The highest BCUT2D eigenvalue weighted by Gasteiger charge is 2.42. The summed E-state index contributed by atoms with van der Waals surface area (Å²) in [7, 11) is 0. The van der Waals surface area contributed by atoms with E-state index in [9.17, 15) is 9.59 Å². The Morgan fingerprint density at radius 1 is 1.14 bits per heavy atom. The van der Waals surface area contributed by atoms with Crippen molar-refractivity contribution in [1.29, 1.82) is 0 Å². The molecule has 1 unspecified atom stereocenters. The second-order valence-corrected chi connectivity index (χ2v) is 6.26. The van der Waals surface area contributed by atoms with Gasteiger partial charge in [0, 0.05) is 12.1 Å². The summed E-state index contributed by atoms with van der Waals surface area (Å²) in [6.45, 7) is 0.515. The van der Waals surface area contributed by atoms with Crippen LogP contribution >= 0.6 is 0 Å². The molecule has 1 aliphatic carbocycles. The number of benzene rings is 1. The van der Waals surface area contributed by atoms with Gasteiger partial charge in [-0.15, -0.1) is 0 Å². The zero-order valence-electron chi connectivity index (χ0n) is 12.5. The maximum Gasteiger partial charge on any atom is 0.335 e. The zero-order valence-corrected chi connectivity index (χ0v) is 12.5. The van der Waals surface area contributed by atoms with Gasteiger partial charge in [0.25, 0.3) is 5.91 Å². The molecule has 0 bridgehead atoms. The van der Waals surface area contributed by atoms with Crippen LogP contribution in [0.4, 0.5) is 0 Å². The monoisotopic (exact) mass is 303 g/mol. The molecule has 0 aromatic heterocycles. The Balaban J connectivity index is 1.51. The number of nitrogens with one attached hydrogen (secondary N) is 1. The minimum atomic E-state index is -0.992. The fourth-order valence-electron chi connectivity index (χ4n) is 3.50. The van der Waals surface area contributed by atoms with Crippen molar-refractivity contribution >= 4 is 11.9 Å². The van der Waals surface area contributed by atoms with Crippen LogP contribution in [0.15, 0.2) is 24.3 Å². The molecule has 1 aliphatic heterocycles. The van der Waals surface area contributed by atoms with Crippen LogP contribution in [0.25, 0.3) is 0 Å². The first-order valence-electron chi connectivity index (χ1n) is 7.87. The first-order valence-corrected chi connectivity index (χ1v) is 7.87. The number of amides is 1. The maximum absolute atomic E-state index is 12.1. The van der Waals surface area contributed by atoms with Crippen LogP contribution in [0.3, 0.4) is 0 Å². The van der Waals surface area contributed by atoms with Crippen LogP contribution in [0.1, 0.15) is 59.2 Å². The Bertz CT molecular complexity index is 561. The van der Waals surface area contributed by atoms with Gasteiger partial charge in [0.1, 0.15) is 0 Å². The van der Waals surface area contributed by atoms with Gasteiger partial charge in [0.05, 0.1) is 17.3 Å². The second-order valence-electron chi connectivity index (χ2n) is 6.26. The van der Waals surface area contributed by atoms with Crippen molar-refractivity contribution in [3.05, 3.63) is 35.4 Å². The Labute approximate surface area is 129 Å². The Morgan fingerprint density at radius 2 is 1.77 bits per heavy atom. The standard InChI is InChI=1S/C17H21NO4/c19-15(12-3-5-13(6-4-12)16(20)21)18-11-14-7-10-17(22-14)8-1-2-9-17/h3-6,14H,1-2,7-11H2,(H,18,19)(H,20,21). The fraction of sp³-hybridized carbons (Fsp3) is 0.529. The van der Waals surface area contributed by atoms with Crippen molar-refractivity contribution in [2.45, 2.75) is 50.2 Å². The van der Waals surface area contributed by atoms with E-state index in [0.717, 1.165) is 25.7 Å². The number of carbonyl (C=O) groups excluding carboxylic acids is 1. The number of rotatable bonds is 4. The lowest BCUT2D eigenvalue weighted by Crippen LogP contribution is -2.34. The van der Waals surface area contributed by atoms with E-state index in [1.54, 1.807) is 0 Å². The van der Waals surface area contributed by atoms with Crippen molar-refractivity contribution in [3.8, 4) is 0 Å². The average Bonchev–Trinajstić information content (AvgIpc) is 3.15. The number of aromatic carboxylic acids is 1. The molecule has 2 aliphatic rings. The lowest BCUT2D eigenvalue weighted by Gasteiger charge is -2.23. The Kier molecular flexibility index (Phi) is 4.16. The molecule has 2 N–H and O–H groups in total. The highest BCUT2D eigenvalue weighted by Crippen LogP contribution is 2.43. The van der Waals surface area contributed by atoms with Gasteiger partial charge in [-0.2, -0.15) is 0 Å². The summed E-state index contributed by atoms with van der Waals surface area (Å²) in [4.78, 5) is 22.9. The van der Waals surface area contributed by atoms with Crippen LogP contribution < -0.4 is 5.32 Å². The molecule has 1 spiro atoms. The highest BCUT2D eigenvalue weighted by molar-refractivity contribution is 5.95. The van der Waals surface area contributed by atoms with Crippen LogP contribution in [0.5, 0.6) is 0 Å². The summed E-state index contributed by atoms with van der Waals surface area (Å²) in [6, 6.07) is 5.95. The molecule has 118 valence electrons. The van der Waals surface area contributed by atoms with E-state index in [4.69, 9.17) is 9.84 Å². The molecule has 1 aromatic carbocycles. The quantitative estimate of drug-likeness (QED) is 0.896. The normalized spacial score (nSPS) is 22.8. The molecule has 1 heterocycles. The van der Waals surface area contributed by atoms with Crippen molar-refractivity contribution in [2.75, 3.05) is 6.54 Å². The first kappa shape index (κ1) is 15.0. The molecular formula is C17H21NO4. The number of carbonyl (C=O) groups is 2. The molecular weight excluding hydrogens is 282 g/mol. The van der Waals surface area contributed by atoms with E-state index in [1.807, 2.05) is 0 Å². The Hall–Kier alpha value is -1.88. The number of hydrogen-bond donors (Lipinski definition) is 2. The lowest BCUT2D eigenvalue weighted by atomic mass is 9.98. The minimum Gasteiger partial charge on any atom is -0.478 e. The molecule has 1 saturated heterocycles. The maximum atomic E-state index is 12.1. The average molecular weight is 303 g/mol. The molecule has 5 heteroatoms. The van der Waals surface area contributed by atoms with Gasteiger partial charge in [-0.3, -0.25) is 4.79 Å². The van der Waals surface area contributed by atoms with Crippen molar-refractivity contribution in [3.63, 3.8) is 0 Å². The molecule has 0 radical (unpaired) electrons. The highest BCUT2D eigenvalue weighted by atomic mass is 16.5. The first-order chi connectivity index (χ1) is 10.6. The smallest absolute Gasteiger partial charge is 0.335 e. The summed E-state index contributed by atoms with van der Waals surface area (Å²) in [5.41, 5.74) is 0.732. The molecule has 1 amide bonds. The van der Waals surface area contributed by atoms with E-state index >= 15 is 0 Å². The predicted octanol–water partition coefficient (Wildman–Crippen LogP) is 2.61. The van der Waals surface area contributed by atoms with E-state index in [2.05, 4.69) is 5.32 Å². The van der Waals surface area contributed by atoms with Crippen LogP contribution in [0.2, 0.25) is 0 Å². The van der Waals surface area contributed by atoms with Gasteiger partial charge < -0.3 is 15.2 Å². The van der Waals surface area contributed by atoms with Gasteiger partial charge in [-0.05, 0) is 49.9 Å². The van der Waals surface area contributed by atoms with Gasteiger partial charge in [-0.25, -0.2) is 4.79 Å². The third-order valence-corrected chi connectivity index (χ3v) is 4.74. The molecule has 2 fully saturated rings. The van der Waals surface area contributed by atoms with Crippen molar-refractivity contribution in [2.24, 2.45) is 0 Å². The van der Waals surface area contributed by atoms with E-state index < -0.39 is 5.97 Å². The minimum absolute atomic E-state index is 0.0819. The van der Waals surface area contributed by atoms with Gasteiger partial charge in [-0.1, -0.05) is 12.8 Å². The molecule has 3 rings (SSSR count).